The van der Waals surface area contributed by atoms with Crippen LogP contribution in [-0.4, -0.2) is 9.78 Å². The first-order chi connectivity index (χ1) is 12.3. The quantitative estimate of drug-likeness (QED) is 0.560. The second-order valence-electron chi connectivity index (χ2n) is 5.85. The fourth-order valence-electron chi connectivity index (χ4n) is 2.48. The normalized spacial score (nSPS) is 12.4. The maximum atomic E-state index is 14.4. The lowest BCUT2D eigenvalue weighted by molar-refractivity contribution is -0.137. The van der Waals surface area contributed by atoms with Gasteiger partial charge >= 0.3 is 6.18 Å². The number of benzene rings is 2. The third-order valence-electron chi connectivity index (χ3n) is 3.86. The molecule has 0 aliphatic rings. The largest absolute Gasteiger partial charge is 0.416 e. The Balaban J connectivity index is 1.80. The molecule has 0 aliphatic heterocycles. The number of nitrogens with zero attached hydrogens (tertiary/aromatic N) is 2. The summed E-state index contributed by atoms with van der Waals surface area (Å²) in [6, 6.07) is 16.3. The summed E-state index contributed by atoms with van der Waals surface area (Å²) in [6.45, 7) is 2.30. The Morgan fingerprint density at radius 2 is 1.92 bits per heavy atom. The van der Waals surface area contributed by atoms with Crippen LogP contribution in [0.25, 0.3) is 11.9 Å². The van der Waals surface area contributed by atoms with Crippen LogP contribution in [0.1, 0.15) is 28.1 Å². The van der Waals surface area contributed by atoms with E-state index < -0.39 is 17.6 Å². The van der Waals surface area contributed by atoms with Gasteiger partial charge in [0.05, 0.1) is 12.1 Å². The van der Waals surface area contributed by atoms with Crippen molar-refractivity contribution in [3.05, 3.63) is 88.7 Å². The molecular formula is C20H15F4N2. The lowest BCUT2D eigenvalue weighted by Crippen LogP contribution is -2.04. The number of hydrogen-bond donors (Lipinski definition) is 0. The number of alkyl halides is 3. The number of aromatic nitrogens is 2. The highest BCUT2D eigenvalue weighted by Crippen LogP contribution is 2.29. The predicted molar refractivity (Wildman–Crippen MR) is 91.8 cm³/mol. The molecule has 0 bridgehead atoms. The summed E-state index contributed by atoms with van der Waals surface area (Å²) in [4.78, 5) is 0. The van der Waals surface area contributed by atoms with Crippen LogP contribution >= 0.6 is 0 Å². The van der Waals surface area contributed by atoms with E-state index in [0.29, 0.717) is 12.1 Å². The summed E-state index contributed by atoms with van der Waals surface area (Å²) in [7, 11) is 0. The van der Waals surface area contributed by atoms with Gasteiger partial charge in [-0.2, -0.15) is 18.3 Å². The third-order valence-corrected chi connectivity index (χ3v) is 3.86. The first-order valence-corrected chi connectivity index (χ1v) is 7.87. The lowest BCUT2D eigenvalue weighted by Gasteiger charge is -2.06. The Hall–Kier alpha value is -2.89. The van der Waals surface area contributed by atoms with E-state index in [1.165, 1.54) is 18.2 Å². The first kappa shape index (κ1) is 17.9. The molecule has 1 aromatic heterocycles. The molecule has 0 saturated heterocycles. The van der Waals surface area contributed by atoms with Gasteiger partial charge in [-0.25, -0.2) is 4.39 Å². The van der Waals surface area contributed by atoms with Gasteiger partial charge in [0.1, 0.15) is 5.69 Å². The Morgan fingerprint density at radius 1 is 1.19 bits per heavy atom. The van der Waals surface area contributed by atoms with Gasteiger partial charge in [0.25, 0.3) is 0 Å². The van der Waals surface area contributed by atoms with Crippen LogP contribution in [0.2, 0.25) is 0 Å². The summed E-state index contributed by atoms with van der Waals surface area (Å²) >= 11 is 0. The third kappa shape index (κ3) is 4.20. The molecule has 0 fully saturated rings. The average molecular weight is 359 g/mol. The van der Waals surface area contributed by atoms with Gasteiger partial charge in [-0.15, -0.1) is 0 Å². The van der Waals surface area contributed by atoms with Gasteiger partial charge in [0, 0.05) is 5.69 Å². The molecule has 1 radical (unpaired) electrons. The number of rotatable bonds is 4. The van der Waals surface area contributed by atoms with Crippen molar-refractivity contribution >= 4 is 11.9 Å². The van der Waals surface area contributed by atoms with Crippen LogP contribution in [0.3, 0.4) is 0 Å². The zero-order valence-corrected chi connectivity index (χ0v) is 13.9. The van der Waals surface area contributed by atoms with E-state index in [4.69, 9.17) is 0 Å². The van der Waals surface area contributed by atoms with E-state index in [2.05, 4.69) is 11.2 Å². The summed E-state index contributed by atoms with van der Waals surface area (Å²) in [5.41, 5.74) is 1.47. The highest BCUT2D eigenvalue weighted by molar-refractivity contribution is 5.75. The van der Waals surface area contributed by atoms with Crippen molar-refractivity contribution in [2.45, 2.75) is 19.6 Å². The molecule has 0 amide bonds. The van der Waals surface area contributed by atoms with Crippen molar-refractivity contribution in [1.82, 2.24) is 9.78 Å². The molecule has 26 heavy (non-hydrogen) atoms. The summed E-state index contributed by atoms with van der Waals surface area (Å²) in [5.74, 6) is -0.605. The number of aryl methyl sites for hydroxylation is 1. The van der Waals surface area contributed by atoms with Gasteiger partial charge in [-0.05, 0) is 54.5 Å². The van der Waals surface area contributed by atoms with Gasteiger partial charge < -0.3 is 0 Å². The zero-order chi connectivity index (χ0) is 18.7. The highest BCUT2D eigenvalue weighted by Gasteiger charge is 2.29. The Labute approximate surface area is 148 Å². The summed E-state index contributed by atoms with van der Waals surface area (Å²) < 4.78 is 53.8. The highest BCUT2D eigenvalue weighted by atomic mass is 19.4. The molecule has 3 aromatic rings. The van der Waals surface area contributed by atoms with Crippen molar-refractivity contribution in [2.75, 3.05) is 0 Å². The predicted octanol–water partition coefficient (Wildman–Crippen LogP) is 5.53. The Morgan fingerprint density at radius 3 is 2.54 bits per heavy atom. The molecule has 133 valence electrons. The molecule has 1 heterocycles. The molecule has 0 unspecified atom stereocenters. The maximum absolute atomic E-state index is 14.4. The molecular weight excluding hydrogens is 344 g/mol. The standard InChI is InChI=1S/C20H15F4N2/c1-14-11-19(25-26(14)13-16-5-3-2-4-6-16)18(21)12-15-7-9-17(10-8-15)20(22,23)24/h2-3,5-12H,13H2,1H3. The maximum Gasteiger partial charge on any atom is 0.416 e. The fraction of sp³-hybridized carbons (Fsp3) is 0.150. The van der Waals surface area contributed by atoms with Crippen LogP contribution in [0.15, 0.2) is 54.6 Å². The second kappa shape index (κ2) is 7.15. The van der Waals surface area contributed by atoms with Gasteiger partial charge in [-0.3, -0.25) is 4.68 Å². The minimum atomic E-state index is -4.41. The lowest BCUT2D eigenvalue weighted by atomic mass is 10.1. The molecule has 2 nitrogen and oxygen atoms in total. The van der Waals surface area contributed by atoms with Gasteiger partial charge in [0.15, 0.2) is 5.83 Å². The van der Waals surface area contributed by atoms with Crippen molar-refractivity contribution < 1.29 is 17.6 Å². The van der Waals surface area contributed by atoms with Crippen LogP contribution in [0, 0.1) is 13.0 Å². The monoisotopic (exact) mass is 359 g/mol. The van der Waals surface area contributed by atoms with Gasteiger partial charge in [0.2, 0.25) is 0 Å². The van der Waals surface area contributed by atoms with E-state index in [1.807, 2.05) is 25.1 Å². The second-order valence-corrected chi connectivity index (χ2v) is 5.85. The van der Waals surface area contributed by atoms with Crippen LogP contribution in [0.4, 0.5) is 17.6 Å². The topological polar surface area (TPSA) is 17.8 Å². The molecule has 0 N–H and O–H groups in total. The number of hydrogen-bond acceptors (Lipinski definition) is 1. The minimum Gasteiger partial charge on any atom is -0.265 e. The first-order valence-electron chi connectivity index (χ1n) is 7.87. The average Bonchev–Trinajstić information content (AvgIpc) is 2.96. The van der Waals surface area contributed by atoms with Crippen molar-refractivity contribution in [1.29, 1.82) is 0 Å². The summed E-state index contributed by atoms with van der Waals surface area (Å²) in [5, 5.41) is 4.24. The molecule has 0 atom stereocenters. The van der Waals surface area contributed by atoms with E-state index in [0.717, 1.165) is 23.4 Å². The molecule has 0 aliphatic carbocycles. The molecule has 3 rings (SSSR count). The van der Waals surface area contributed by atoms with Gasteiger partial charge in [-0.1, -0.05) is 30.3 Å². The summed E-state index contributed by atoms with van der Waals surface area (Å²) in [6.07, 6.45) is -3.24. The zero-order valence-electron chi connectivity index (χ0n) is 13.9. The minimum absolute atomic E-state index is 0.141. The van der Waals surface area contributed by atoms with E-state index in [9.17, 15) is 17.6 Å². The van der Waals surface area contributed by atoms with E-state index in [1.54, 1.807) is 16.8 Å². The van der Waals surface area contributed by atoms with Crippen molar-refractivity contribution in [3.8, 4) is 0 Å². The molecule has 6 heteroatoms. The van der Waals surface area contributed by atoms with Crippen LogP contribution in [0.5, 0.6) is 0 Å². The van der Waals surface area contributed by atoms with Crippen molar-refractivity contribution in [3.63, 3.8) is 0 Å². The fourth-order valence-corrected chi connectivity index (χ4v) is 2.48. The SMILES string of the molecule is Cc1cc(C(F)=Cc2ccc(C(F)(F)F)cc2)nn1Cc1c[c]ccc1. The molecule has 2 aromatic carbocycles. The van der Waals surface area contributed by atoms with Crippen LogP contribution < -0.4 is 0 Å². The van der Waals surface area contributed by atoms with E-state index in [-0.39, 0.29) is 5.69 Å². The Bertz CT molecular complexity index is 907. The van der Waals surface area contributed by atoms with Crippen molar-refractivity contribution in [2.24, 2.45) is 0 Å². The number of halogens is 4. The molecule has 0 saturated carbocycles. The molecule has 0 spiro atoms. The Kier molecular flexibility index (Phi) is 4.93. The van der Waals surface area contributed by atoms with E-state index >= 15 is 0 Å². The smallest absolute Gasteiger partial charge is 0.265 e. The van der Waals surface area contributed by atoms with Crippen LogP contribution in [-0.2, 0) is 12.7 Å².